The van der Waals surface area contributed by atoms with Crippen LogP contribution in [-0.2, 0) is 50.1 Å². The van der Waals surface area contributed by atoms with Crippen molar-refractivity contribution >= 4 is 6.29 Å². The molecule has 1 aliphatic rings. The molecule has 5 atom stereocenters. The molecule has 0 amide bonds. The van der Waals surface area contributed by atoms with Gasteiger partial charge < -0.3 is 23.7 Å². The average Bonchev–Trinajstić information content (AvgIpc) is 3.14. The van der Waals surface area contributed by atoms with Crippen LogP contribution in [-0.4, -0.2) is 37.3 Å². The number of carbonyl (C=O) groups is 1. The minimum Gasteiger partial charge on any atom is -0.374 e. The zero-order chi connectivity index (χ0) is 32.1. The van der Waals surface area contributed by atoms with Crippen LogP contribution < -0.4 is 0 Å². The summed E-state index contributed by atoms with van der Waals surface area (Å²) < 4.78 is 33.5. The van der Waals surface area contributed by atoms with E-state index >= 15 is 0 Å². The standard InChI is InChI=1S/C41H40O6/c42-25-31-21-23-36(24-22-31)38-40(45-28-34-17-9-3-10-18-34)41(46-29-35-19-11-4-12-20-35)39(44-27-33-15-7-2-8-16-33)37(47-38)30-43-26-32-13-5-1-6-14-32/h1-25,37-41H,26-30H2/t37-,38+,39-,40+,41+/m1/s1. The van der Waals surface area contributed by atoms with Gasteiger partial charge in [0.05, 0.1) is 33.0 Å². The molecule has 0 unspecified atom stereocenters. The molecule has 47 heavy (non-hydrogen) atoms. The maximum absolute atomic E-state index is 11.5. The largest absolute Gasteiger partial charge is 0.374 e. The first-order chi connectivity index (χ1) is 23.3. The van der Waals surface area contributed by atoms with E-state index in [9.17, 15) is 4.79 Å². The van der Waals surface area contributed by atoms with Crippen molar-refractivity contribution in [3.8, 4) is 0 Å². The van der Waals surface area contributed by atoms with Gasteiger partial charge in [-0.25, -0.2) is 0 Å². The summed E-state index contributed by atoms with van der Waals surface area (Å²) in [6.45, 7) is 1.83. The normalized spacial score (nSPS) is 20.9. The molecule has 6 heteroatoms. The van der Waals surface area contributed by atoms with Crippen molar-refractivity contribution in [3.63, 3.8) is 0 Å². The van der Waals surface area contributed by atoms with Gasteiger partial charge >= 0.3 is 0 Å². The van der Waals surface area contributed by atoms with Crippen LogP contribution in [0, 0.1) is 0 Å². The first kappa shape index (κ1) is 32.5. The lowest BCUT2D eigenvalue weighted by molar-refractivity contribution is -0.275. The summed E-state index contributed by atoms with van der Waals surface area (Å²) in [6.07, 6.45) is -1.71. The lowest BCUT2D eigenvalue weighted by atomic mass is 9.90. The third kappa shape index (κ3) is 9.10. The van der Waals surface area contributed by atoms with Gasteiger partial charge in [-0.15, -0.1) is 0 Å². The monoisotopic (exact) mass is 628 g/mol. The molecule has 0 aromatic heterocycles. The first-order valence-electron chi connectivity index (χ1n) is 16.1. The van der Waals surface area contributed by atoms with Gasteiger partial charge in [0.1, 0.15) is 36.8 Å². The first-order valence-corrected chi connectivity index (χ1v) is 16.1. The molecule has 1 saturated heterocycles. The lowest BCUT2D eigenvalue weighted by Crippen LogP contribution is -2.58. The van der Waals surface area contributed by atoms with Crippen molar-refractivity contribution in [2.24, 2.45) is 0 Å². The highest BCUT2D eigenvalue weighted by molar-refractivity contribution is 5.74. The molecule has 0 saturated carbocycles. The number of hydrogen-bond acceptors (Lipinski definition) is 6. The zero-order valence-electron chi connectivity index (χ0n) is 26.3. The molecule has 6 rings (SSSR count). The molecule has 0 aliphatic carbocycles. The van der Waals surface area contributed by atoms with Crippen molar-refractivity contribution in [1.82, 2.24) is 0 Å². The summed E-state index contributed by atoms with van der Waals surface area (Å²) in [7, 11) is 0. The van der Waals surface area contributed by atoms with E-state index in [0.717, 1.165) is 34.1 Å². The number of ether oxygens (including phenoxy) is 5. The summed E-state index contributed by atoms with van der Waals surface area (Å²) in [5.74, 6) is 0. The lowest BCUT2D eigenvalue weighted by Gasteiger charge is -2.46. The highest BCUT2D eigenvalue weighted by atomic mass is 16.6. The Bertz CT molecular complexity index is 1610. The summed E-state index contributed by atoms with van der Waals surface area (Å²) in [4.78, 5) is 11.5. The maximum Gasteiger partial charge on any atom is 0.150 e. The van der Waals surface area contributed by atoms with E-state index in [1.165, 1.54) is 0 Å². The molecular formula is C41H40O6. The van der Waals surface area contributed by atoms with Crippen LogP contribution in [0.15, 0.2) is 146 Å². The quantitative estimate of drug-likeness (QED) is 0.110. The number of hydrogen-bond donors (Lipinski definition) is 0. The van der Waals surface area contributed by atoms with Crippen LogP contribution in [0.1, 0.15) is 44.3 Å². The molecule has 240 valence electrons. The summed E-state index contributed by atoms with van der Waals surface area (Å²) >= 11 is 0. The van der Waals surface area contributed by atoms with E-state index in [0.29, 0.717) is 32.0 Å². The van der Waals surface area contributed by atoms with Gasteiger partial charge in [-0.1, -0.05) is 146 Å². The molecule has 0 radical (unpaired) electrons. The fraction of sp³-hybridized carbons (Fsp3) is 0.244. The van der Waals surface area contributed by atoms with Gasteiger partial charge in [0.15, 0.2) is 0 Å². The van der Waals surface area contributed by atoms with Crippen molar-refractivity contribution in [2.45, 2.75) is 56.9 Å². The van der Waals surface area contributed by atoms with Gasteiger partial charge in [0.25, 0.3) is 0 Å². The third-order valence-corrected chi connectivity index (χ3v) is 8.28. The highest BCUT2D eigenvalue weighted by Gasteiger charge is 2.49. The Morgan fingerprint density at radius 3 is 1.38 bits per heavy atom. The van der Waals surface area contributed by atoms with E-state index < -0.39 is 30.5 Å². The Morgan fingerprint density at radius 1 is 0.489 bits per heavy atom. The predicted octanol–water partition coefficient (Wildman–Crippen LogP) is 7.91. The van der Waals surface area contributed by atoms with Crippen molar-refractivity contribution in [1.29, 1.82) is 0 Å². The van der Waals surface area contributed by atoms with Gasteiger partial charge in [-0.2, -0.15) is 0 Å². The molecule has 0 N–H and O–H groups in total. The van der Waals surface area contributed by atoms with E-state index in [1.54, 1.807) is 12.1 Å². The van der Waals surface area contributed by atoms with Crippen LogP contribution in [0.25, 0.3) is 0 Å². The van der Waals surface area contributed by atoms with Crippen molar-refractivity contribution < 1.29 is 28.5 Å². The number of rotatable bonds is 15. The average molecular weight is 629 g/mol. The van der Waals surface area contributed by atoms with E-state index in [4.69, 9.17) is 23.7 Å². The van der Waals surface area contributed by atoms with Crippen molar-refractivity contribution in [2.75, 3.05) is 6.61 Å². The fourth-order valence-corrected chi connectivity index (χ4v) is 5.82. The molecule has 5 aromatic rings. The van der Waals surface area contributed by atoms with Gasteiger partial charge in [-0.05, 0) is 27.8 Å². The Labute approximate surface area is 276 Å². The molecule has 6 nitrogen and oxygen atoms in total. The Morgan fingerprint density at radius 2 is 0.915 bits per heavy atom. The maximum atomic E-state index is 11.5. The van der Waals surface area contributed by atoms with Gasteiger partial charge in [0.2, 0.25) is 0 Å². The molecular weight excluding hydrogens is 588 g/mol. The second kappa shape index (κ2) is 16.9. The molecule has 0 bridgehead atoms. The topological polar surface area (TPSA) is 63.2 Å². The number of benzene rings is 5. The minimum atomic E-state index is -0.535. The highest BCUT2D eigenvalue weighted by Crippen LogP contribution is 2.38. The Balaban J connectivity index is 1.34. The smallest absolute Gasteiger partial charge is 0.150 e. The molecule has 0 spiro atoms. The molecule has 1 fully saturated rings. The fourth-order valence-electron chi connectivity index (χ4n) is 5.82. The predicted molar refractivity (Wildman–Crippen MR) is 181 cm³/mol. The van der Waals surface area contributed by atoms with Crippen LogP contribution in [0.3, 0.4) is 0 Å². The van der Waals surface area contributed by atoms with Crippen LogP contribution in [0.4, 0.5) is 0 Å². The SMILES string of the molecule is O=Cc1ccc([C@@H]2O[C@H](COCc3ccccc3)[C@@H](OCc3ccccc3)[C@H](OCc3ccccc3)[C@H]2OCc2ccccc2)cc1. The summed E-state index contributed by atoms with van der Waals surface area (Å²) in [5, 5.41) is 0. The van der Waals surface area contributed by atoms with E-state index in [1.807, 2.05) is 121 Å². The summed E-state index contributed by atoms with van der Waals surface area (Å²) in [6, 6.07) is 47.8. The van der Waals surface area contributed by atoms with E-state index in [-0.39, 0.29) is 6.61 Å². The van der Waals surface area contributed by atoms with Crippen LogP contribution in [0.5, 0.6) is 0 Å². The summed E-state index contributed by atoms with van der Waals surface area (Å²) in [5.41, 5.74) is 5.69. The number of carbonyl (C=O) groups excluding carboxylic acids is 1. The second-order valence-electron chi connectivity index (χ2n) is 11.7. The van der Waals surface area contributed by atoms with Crippen LogP contribution in [0.2, 0.25) is 0 Å². The van der Waals surface area contributed by atoms with Gasteiger partial charge in [0, 0.05) is 5.56 Å². The second-order valence-corrected chi connectivity index (χ2v) is 11.7. The minimum absolute atomic E-state index is 0.286. The van der Waals surface area contributed by atoms with Gasteiger partial charge in [-0.3, -0.25) is 4.79 Å². The Hall–Kier alpha value is -4.43. The third-order valence-electron chi connectivity index (χ3n) is 8.28. The van der Waals surface area contributed by atoms with Crippen LogP contribution >= 0.6 is 0 Å². The molecule has 1 heterocycles. The Kier molecular flexibility index (Phi) is 11.7. The molecule has 5 aromatic carbocycles. The number of aldehydes is 1. The zero-order valence-corrected chi connectivity index (χ0v) is 26.3. The molecule has 1 aliphatic heterocycles. The van der Waals surface area contributed by atoms with Crippen molar-refractivity contribution in [3.05, 3.63) is 179 Å². The van der Waals surface area contributed by atoms with E-state index in [2.05, 4.69) is 12.1 Å².